The molecule has 2 aromatic rings. The molecule has 1 fully saturated rings. The Morgan fingerprint density at radius 1 is 0.917 bits per heavy atom. The van der Waals surface area contributed by atoms with E-state index in [0.29, 0.717) is 18.5 Å². The smallest absolute Gasteiger partial charge is 0.220 e. The van der Waals surface area contributed by atoms with Gasteiger partial charge in [-0.05, 0) is 31.2 Å². The molecule has 8 atom stereocenters. The van der Waals surface area contributed by atoms with E-state index in [1.807, 2.05) is 18.2 Å². The number of aliphatic hydroxyl groups excluding tert-OH is 6. The maximum absolute atomic E-state index is 13.0. The van der Waals surface area contributed by atoms with E-state index in [4.69, 9.17) is 9.47 Å². The Morgan fingerprint density at radius 3 is 2.27 bits per heavy atom. The fourth-order valence-electron chi connectivity index (χ4n) is 6.00. The predicted molar refractivity (Wildman–Crippen MR) is 181 cm³/mol. The number of hydrogen-bond donors (Lipinski definition) is 7. The third kappa shape index (κ3) is 13.5. The first kappa shape index (κ1) is 40.0. The van der Waals surface area contributed by atoms with Crippen molar-refractivity contribution in [3.8, 4) is 0 Å². The molecule has 12 nitrogen and oxygen atoms in total. The number of amides is 1. The summed E-state index contributed by atoms with van der Waals surface area (Å²) in [6.07, 6.45) is 7.12. The topological polar surface area (TPSA) is 187 Å². The molecule has 3 rings (SSSR count). The van der Waals surface area contributed by atoms with Crippen molar-refractivity contribution in [1.82, 2.24) is 15.1 Å². The number of hydrogen-bond acceptors (Lipinski definition) is 10. The number of rotatable bonds is 24. The summed E-state index contributed by atoms with van der Waals surface area (Å²) in [4.78, 5) is 13.0. The Kier molecular flexibility index (Phi) is 18.6. The first-order valence-corrected chi connectivity index (χ1v) is 17.9. The average Bonchev–Trinajstić information content (AvgIpc) is 3.57. The molecule has 12 heteroatoms. The van der Waals surface area contributed by atoms with Crippen LogP contribution in [0.15, 0.2) is 42.7 Å². The number of nitrogens with zero attached hydrogens (tertiary/aromatic N) is 2. The van der Waals surface area contributed by atoms with E-state index in [2.05, 4.69) is 29.5 Å². The lowest BCUT2D eigenvalue weighted by molar-refractivity contribution is -0.303. The maximum Gasteiger partial charge on any atom is 0.220 e. The summed E-state index contributed by atoms with van der Waals surface area (Å²) >= 11 is 0. The Bertz CT molecular complexity index is 1130. The van der Waals surface area contributed by atoms with Gasteiger partial charge in [-0.1, -0.05) is 95.0 Å². The van der Waals surface area contributed by atoms with Crippen LogP contribution < -0.4 is 5.32 Å². The lowest BCUT2D eigenvalue weighted by Gasteiger charge is -2.40. The van der Waals surface area contributed by atoms with Gasteiger partial charge in [0.05, 0.1) is 25.5 Å². The van der Waals surface area contributed by atoms with Gasteiger partial charge in [0.15, 0.2) is 6.29 Å². The van der Waals surface area contributed by atoms with Crippen molar-refractivity contribution < 1.29 is 44.9 Å². The second kappa shape index (κ2) is 22.3. The molecule has 1 aliphatic rings. The lowest BCUT2D eigenvalue weighted by atomic mass is 9.99. The molecule has 0 aliphatic carbocycles. The van der Waals surface area contributed by atoms with E-state index >= 15 is 0 Å². The predicted octanol–water partition coefficient (Wildman–Crippen LogP) is 2.91. The zero-order chi connectivity index (χ0) is 34.7. The fourth-order valence-corrected chi connectivity index (χ4v) is 6.00. The molecule has 0 unspecified atom stereocenters. The average molecular weight is 678 g/mol. The number of nitrogens with one attached hydrogen (secondary N) is 1. The van der Waals surface area contributed by atoms with E-state index in [-0.39, 0.29) is 12.3 Å². The van der Waals surface area contributed by atoms with Crippen molar-refractivity contribution in [2.45, 2.75) is 152 Å². The van der Waals surface area contributed by atoms with Crippen LogP contribution >= 0.6 is 0 Å². The van der Waals surface area contributed by atoms with E-state index in [1.54, 1.807) is 10.9 Å². The highest BCUT2D eigenvalue weighted by Gasteiger charge is 2.44. The van der Waals surface area contributed by atoms with Crippen LogP contribution in [0.4, 0.5) is 0 Å². The summed E-state index contributed by atoms with van der Waals surface area (Å²) in [5.74, 6) is -0.343. The lowest BCUT2D eigenvalue weighted by Crippen LogP contribution is -2.60. The molecule has 1 aliphatic heterocycles. The maximum atomic E-state index is 13.0. The quantitative estimate of drug-likeness (QED) is 0.0815. The molecular weight excluding hydrogens is 618 g/mol. The molecule has 48 heavy (non-hydrogen) atoms. The van der Waals surface area contributed by atoms with Gasteiger partial charge in [0.25, 0.3) is 0 Å². The molecule has 7 N–H and O–H groups in total. The minimum Gasteiger partial charge on any atom is -0.394 e. The van der Waals surface area contributed by atoms with Crippen molar-refractivity contribution >= 4 is 5.91 Å². The summed E-state index contributed by atoms with van der Waals surface area (Å²) in [6.45, 7) is 1.88. The van der Waals surface area contributed by atoms with E-state index < -0.39 is 62.2 Å². The summed E-state index contributed by atoms with van der Waals surface area (Å²) < 4.78 is 12.8. The third-order valence-corrected chi connectivity index (χ3v) is 9.07. The van der Waals surface area contributed by atoms with Crippen LogP contribution in [0, 0.1) is 0 Å². The van der Waals surface area contributed by atoms with Crippen LogP contribution in [-0.4, -0.2) is 102 Å². The number of aryl methyl sites for hydroxylation is 2. The molecular formula is C36H59N3O9. The number of benzene rings is 1. The van der Waals surface area contributed by atoms with Crippen LogP contribution in [0.2, 0.25) is 0 Å². The van der Waals surface area contributed by atoms with Crippen LogP contribution in [0.25, 0.3) is 0 Å². The minimum absolute atomic E-state index is 0.199. The molecule has 1 saturated heterocycles. The number of aromatic nitrogens is 2. The monoisotopic (exact) mass is 677 g/mol. The highest BCUT2D eigenvalue weighted by molar-refractivity contribution is 5.76. The second-order valence-corrected chi connectivity index (χ2v) is 13.1. The number of carbonyl (C=O) groups is 1. The number of ether oxygens (including phenoxy) is 2. The molecule has 0 bridgehead atoms. The summed E-state index contributed by atoms with van der Waals surface area (Å²) in [5, 5.41) is 69.6. The van der Waals surface area contributed by atoms with Gasteiger partial charge in [-0.15, -0.1) is 0 Å². The highest BCUT2D eigenvalue weighted by atomic mass is 16.7. The number of carbonyl (C=O) groups excluding carboxylic acids is 1. The molecule has 0 spiro atoms. The molecule has 0 radical (unpaired) electrons. The standard InChI is InChI=1S/C36H59N3O9/c1-2-3-4-5-6-7-8-9-16-21-39-23-27(22-37-39)31(42)32(43)28(25-47-36-35(46)34(45)33(44)29(24-40)48-36)38-30(41)20-15-11-14-19-26-17-12-10-13-18-26/h10,12-13,17-18,22-23,28-29,31-36,40,42-46H,2-9,11,14-16,19-21,24-25H2,1H3,(H,38,41)/t28-,29+,31+,32-,33-,34-,35+,36-/m0/s1. The van der Waals surface area contributed by atoms with Gasteiger partial charge in [0.2, 0.25) is 5.91 Å². The van der Waals surface area contributed by atoms with E-state index in [9.17, 15) is 35.4 Å². The van der Waals surface area contributed by atoms with Gasteiger partial charge in [-0.3, -0.25) is 9.48 Å². The molecule has 272 valence electrons. The minimum atomic E-state index is -1.65. The van der Waals surface area contributed by atoms with Crippen molar-refractivity contribution in [3.63, 3.8) is 0 Å². The molecule has 1 aromatic heterocycles. The number of unbranched alkanes of at least 4 members (excludes halogenated alkanes) is 10. The Labute approximate surface area is 285 Å². The van der Waals surface area contributed by atoms with Crippen molar-refractivity contribution in [3.05, 3.63) is 53.9 Å². The number of aliphatic hydroxyl groups is 6. The van der Waals surface area contributed by atoms with E-state index in [1.165, 1.54) is 56.7 Å². The summed E-state index contributed by atoms with van der Waals surface area (Å²) in [5.41, 5.74) is 1.62. The summed E-state index contributed by atoms with van der Waals surface area (Å²) in [7, 11) is 0. The molecule has 2 heterocycles. The van der Waals surface area contributed by atoms with Gasteiger partial charge < -0.3 is 45.4 Å². The van der Waals surface area contributed by atoms with Crippen LogP contribution in [-0.2, 0) is 27.2 Å². The van der Waals surface area contributed by atoms with Crippen molar-refractivity contribution in [2.75, 3.05) is 13.2 Å². The second-order valence-electron chi connectivity index (χ2n) is 13.1. The van der Waals surface area contributed by atoms with Gasteiger partial charge in [-0.25, -0.2) is 0 Å². The Hall–Kier alpha value is -2.42. The first-order valence-electron chi connectivity index (χ1n) is 17.9. The zero-order valence-corrected chi connectivity index (χ0v) is 28.5. The van der Waals surface area contributed by atoms with Gasteiger partial charge >= 0.3 is 0 Å². The van der Waals surface area contributed by atoms with Crippen LogP contribution in [0.3, 0.4) is 0 Å². The molecule has 1 aromatic carbocycles. The van der Waals surface area contributed by atoms with E-state index in [0.717, 1.165) is 32.1 Å². The Balaban J connectivity index is 1.53. The van der Waals surface area contributed by atoms with Crippen LogP contribution in [0.1, 0.15) is 108 Å². The first-order chi connectivity index (χ1) is 23.2. The normalized spacial score (nSPS) is 23.1. The third-order valence-electron chi connectivity index (χ3n) is 9.07. The van der Waals surface area contributed by atoms with Crippen molar-refractivity contribution in [2.24, 2.45) is 0 Å². The fraction of sp³-hybridized carbons (Fsp3) is 0.722. The largest absolute Gasteiger partial charge is 0.394 e. The van der Waals surface area contributed by atoms with Gasteiger partial charge in [0, 0.05) is 24.7 Å². The van der Waals surface area contributed by atoms with Crippen LogP contribution in [0.5, 0.6) is 0 Å². The molecule has 0 saturated carbocycles. The van der Waals surface area contributed by atoms with Gasteiger partial charge in [0.1, 0.15) is 36.6 Å². The van der Waals surface area contributed by atoms with Crippen molar-refractivity contribution in [1.29, 1.82) is 0 Å². The highest BCUT2D eigenvalue weighted by Crippen LogP contribution is 2.24. The van der Waals surface area contributed by atoms with Gasteiger partial charge in [-0.2, -0.15) is 5.10 Å². The summed E-state index contributed by atoms with van der Waals surface area (Å²) in [6, 6.07) is 8.99. The Morgan fingerprint density at radius 2 is 1.58 bits per heavy atom. The zero-order valence-electron chi connectivity index (χ0n) is 28.5. The molecule has 1 amide bonds. The SMILES string of the molecule is CCCCCCCCCCCn1cc([C@@H](O)[C@@H](O)[C@H](CO[C@H]2O[C@H](CO)[C@H](O)[C@H](O)[C@H]2O)NC(=O)CCCCCc2ccccc2)cn1.